The molecule has 27 heavy (non-hydrogen) atoms. The quantitative estimate of drug-likeness (QED) is 0.563. The number of anilines is 2. The Bertz CT molecular complexity index is 1120. The summed E-state index contributed by atoms with van der Waals surface area (Å²) in [6.07, 6.45) is 5.48. The van der Waals surface area contributed by atoms with Crippen LogP contribution in [-0.4, -0.2) is 20.8 Å². The number of nitrogens with one attached hydrogen (secondary N) is 2. The summed E-state index contributed by atoms with van der Waals surface area (Å²) < 4.78 is 1.80. The van der Waals surface area contributed by atoms with E-state index in [0.29, 0.717) is 5.69 Å². The number of nitrogens with zero attached hydrogens (tertiary/aromatic N) is 3. The molecule has 0 unspecified atom stereocenters. The van der Waals surface area contributed by atoms with Crippen molar-refractivity contribution in [3.8, 4) is 11.1 Å². The Morgan fingerprint density at radius 1 is 0.926 bits per heavy atom. The fourth-order valence-electron chi connectivity index (χ4n) is 3.08. The minimum Gasteiger partial charge on any atom is -0.308 e. The van der Waals surface area contributed by atoms with E-state index >= 15 is 0 Å². The molecule has 2 heterocycles. The molecule has 0 aliphatic heterocycles. The summed E-state index contributed by atoms with van der Waals surface area (Å²) in [4.78, 5) is 16.6. The Kier molecular flexibility index (Phi) is 4.30. The Morgan fingerprint density at radius 3 is 2.52 bits per heavy atom. The minimum absolute atomic E-state index is 0.284. The molecule has 134 valence electrons. The van der Waals surface area contributed by atoms with Gasteiger partial charge in [0.25, 0.3) is 0 Å². The lowest BCUT2D eigenvalue weighted by Crippen LogP contribution is -2.19. The first-order valence-corrected chi connectivity index (χ1v) is 8.61. The van der Waals surface area contributed by atoms with Crippen LogP contribution < -0.4 is 10.6 Å². The van der Waals surface area contributed by atoms with Crippen LogP contribution in [0.15, 0.2) is 67.1 Å². The molecule has 4 rings (SSSR count). The monoisotopic (exact) mass is 357 g/mol. The zero-order valence-corrected chi connectivity index (χ0v) is 15.1. The van der Waals surface area contributed by atoms with Gasteiger partial charge in [-0.2, -0.15) is 5.10 Å². The second-order valence-electron chi connectivity index (χ2n) is 6.36. The number of amides is 2. The topological polar surface area (TPSA) is 71.8 Å². The van der Waals surface area contributed by atoms with Crippen LogP contribution in [0.25, 0.3) is 22.0 Å². The van der Waals surface area contributed by atoms with Crippen molar-refractivity contribution in [2.24, 2.45) is 7.05 Å². The molecular formula is C21H19N5O. The maximum Gasteiger partial charge on any atom is 0.323 e. The Hall–Kier alpha value is -3.67. The van der Waals surface area contributed by atoms with Crippen molar-refractivity contribution in [3.05, 3.63) is 72.7 Å². The summed E-state index contributed by atoms with van der Waals surface area (Å²) in [7, 11) is 1.90. The number of benzene rings is 2. The Morgan fingerprint density at radius 2 is 1.70 bits per heavy atom. The van der Waals surface area contributed by atoms with Crippen molar-refractivity contribution in [3.63, 3.8) is 0 Å². The lowest BCUT2D eigenvalue weighted by Gasteiger charge is -2.12. The van der Waals surface area contributed by atoms with Gasteiger partial charge in [-0.25, -0.2) is 4.79 Å². The van der Waals surface area contributed by atoms with E-state index < -0.39 is 0 Å². The van der Waals surface area contributed by atoms with Crippen molar-refractivity contribution in [2.45, 2.75) is 6.92 Å². The summed E-state index contributed by atoms with van der Waals surface area (Å²) >= 11 is 0. The molecule has 0 radical (unpaired) electrons. The molecule has 2 N–H and O–H groups in total. The van der Waals surface area contributed by atoms with E-state index in [-0.39, 0.29) is 6.03 Å². The number of fused-ring (bicyclic) bond motifs is 1. The van der Waals surface area contributed by atoms with E-state index in [0.717, 1.165) is 33.3 Å². The zero-order valence-electron chi connectivity index (χ0n) is 15.1. The standard InChI is InChI=1S/C21H19N5O/c1-14-8-9-16(25-21(27)24-15-6-4-3-5-7-15)10-17(14)18-11-22-13-20-19(18)12-23-26(20)2/h3-13H,1-2H3,(H2,24,25,27). The highest BCUT2D eigenvalue weighted by Crippen LogP contribution is 2.31. The molecule has 6 heteroatoms. The number of rotatable bonds is 3. The van der Waals surface area contributed by atoms with Crippen LogP contribution in [0.1, 0.15) is 5.56 Å². The van der Waals surface area contributed by atoms with E-state index in [1.54, 1.807) is 10.9 Å². The van der Waals surface area contributed by atoms with Crippen LogP contribution in [0, 0.1) is 6.92 Å². The third-order valence-corrected chi connectivity index (χ3v) is 4.49. The maximum atomic E-state index is 12.3. The van der Waals surface area contributed by atoms with Gasteiger partial charge in [0.1, 0.15) is 0 Å². The van der Waals surface area contributed by atoms with E-state index in [1.807, 2.05) is 74.9 Å². The van der Waals surface area contributed by atoms with Crippen molar-refractivity contribution >= 4 is 28.3 Å². The summed E-state index contributed by atoms with van der Waals surface area (Å²) in [5.41, 5.74) is 5.52. The molecule has 0 atom stereocenters. The van der Waals surface area contributed by atoms with Crippen molar-refractivity contribution in [1.82, 2.24) is 14.8 Å². The fraction of sp³-hybridized carbons (Fsp3) is 0.0952. The van der Waals surface area contributed by atoms with Crippen LogP contribution in [0.5, 0.6) is 0 Å². The van der Waals surface area contributed by atoms with Gasteiger partial charge in [0, 0.05) is 35.6 Å². The number of aryl methyl sites for hydroxylation is 2. The number of aromatic nitrogens is 3. The number of carbonyl (C=O) groups excluding carboxylic acids is 1. The van der Waals surface area contributed by atoms with Crippen LogP contribution >= 0.6 is 0 Å². The third-order valence-electron chi connectivity index (χ3n) is 4.49. The number of para-hydroxylation sites is 1. The van der Waals surface area contributed by atoms with Gasteiger partial charge in [-0.3, -0.25) is 9.67 Å². The Labute approximate surface area is 156 Å². The summed E-state index contributed by atoms with van der Waals surface area (Å²) in [6.45, 7) is 2.04. The molecule has 0 saturated carbocycles. The zero-order chi connectivity index (χ0) is 18.8. The van der Waals surface area contributed by atoms with E-state index in [9.17, 15) is 4.79 Å². The smallest absolute Gasteiger partial charge is 0.308 e. The largest absolute Gasteiger partial charge is 0.323 e. The number of urea groups is 1. The van der Waals surface area contributed by atoms with Crippen LogP contribution in [0.3, 0.4) is 0 Å². The van der Waals surface area contributed by atoms with E-state index in [1.165, 1.54) is 0 Å². The minimum atomic E-state index is -0.284. The molecule has 2 aromatic heterocycles. The average Bonchev–Trinajstić information content (AvgIpc) is 3.05. The fourth-order valence-corrected chi connectivity index (χ4v) is 3.08. The molecular weight excluding hydrogens is 338 g/mol. The second kappa shape index (κ2) is 6.92. The second-order valence-corrected chi connectivity index (χ2v) is 6.36. The molecule has 0 fully saturated rings. The van der Waals surface area contributed by atoms with Gasteiger partial charge >= 0.3 is 6.03 Å². The molecule has 0 aliphatic carbocycles. The summed E-state index contributed by atoms with van der Waals surface area (Å²) in [5, 5.41) is 11.1. The van der Waals surface area contributed by atoms with Gasteiger partial charge in [0.05, 0.1) is 17.9 Å². The number of hydrogen-bond acceptors (Lipinski definition) is 3. The first-order chi connectivity index (χ1) is 13.1. The molecule has 0 spiro atoms. The van der Waals surface area contributed by atoms with Gasteiger partial charge in [-0.15, -0.1) is 0 Å². The maximum absolute atomic E-state index is 12.3. The van der Waals surface area contributed by atoms with Crippen molar-refractivity contribution in [1.29, 1.82) is 0 Å². The van der Waals surface area contributed by atoms with Crippen molar-refractivity contribution < 1.29 is 4.79 Å². The molecule has 0 bridgehead atoms. The van der Waals surface area contributed by atoms with Gasteiger partial charge in [-0.1, -0.05) is 24.3 Å². The van der Waals surface area contributed by atoms with Crippen LogP contribution in [-0.2, 0) is 7.05 Å². The first kappa shape index (κ1) is 16.8. The lowest BCUT2D eigenvalue weighted by atomic mass is 9.99. The van der Waals surface area contributed by atoms with Crippen LogP contribution in [0.4, 0.5) is 16.2 Å². The van der Waals surface area contributed by atoms with E-state index in [4.69, 9.17) is 0 Å². The molecule has 0 aliphatic rings. The van der Waals surface area contributed by atoms with Gasteiger partial charge in [-0.05, 0) is 42.3 Å². The lowest BCUT2D eigenvalue weighted by molar-refractivity contribution is 0.262. The predicted octanol–water partition coefficient (Wildman–Crippen LogP) is 4.59. The first-order valence-electron chi connectivity index (χ1n) is 8.61. The summed E-state index contributed by atoms with van der Waals surface area (Å²) in [5.74, 6) is 0. The Balaban J connectivity index is 1.64. The number of pyridine rings is 1. The van der Waals surface area contributed by atoms with E-state index in [2.05, 4.69) is 20.7 Å². The number of carbonyl (C=O) groups is 1. The molecule has 2 aromatic carbocycles. The number of hydrogen-bond donors (Lipinski definition) is 2. The SMILES string of the molecule is Cc1ccc(NC(=O)Nc2ccccc2)cc1-c1cncc2c1cnn2C. The third kappa shape index (κ3) is 3.37. The normalized spacial score (nSPS) is 10.7. The summed E-state index contributed by atoms with van der Waals surface area (Å²) in [6, 6.07) is 14.9. The predicted molar refractivity (Wildman–Crippen MR) is 108 cm³/mol. The molecule has 4 aromatic rings. The van der Waals surface area contributed by atoms with Gasteiger partial charge in [0.2, 0.25) is 0 Å². The highest BCUT2D eigenvalue weighted by molar-refractivity contribution is 6.01. The van der Waals surface area contributed by atoms with Gasteiger partial charge < -0.3 is 10.6 Å². The van der Waals surface area contributed by atoms with Crippen molar-refractivity contribution in [2.75, 3.05) is 10.6 Å². The molecule has 0 saturated heterocycles. The highest BCUT2D eigenvalue weighted by atomic mass is 16.2. The molecule has 2 amide bonds. The highest BCUT2D eigenvalue weighted by Gasteiger charge is 2.12. The van der Waals surface area contributed by atoms with Gasteiger partial charge in [0.15, 0.2) is 0 Å². The average molecular weight is 357 g/mol. The van der Waals surface area contributed by atoms with Crippen LogP contribution in [0.2, 0.25) is 0 Å². The molecule has 6 nitrogen and oxygen atoms in total.